The molecular formula is C25H24ClNO. The summed E-state index contributed by atoms with van der Waals surface area (Å²) in [5, 5.41) is 0.752. The molecule has 142 valence electrons. The molecule has 0 atom stereocenters. The highest BCUT2D eigenvalue weighted by molar-refractivity contribution is 6.32. The zero-order chi connectivity index (χ0) is 18.9. The van der Waals surface area contributed by atoms with Crippen molar-refractivity contribution in [1.82, 2.24) is 4.90 Å². The molecule has 0 amide bonds. The Labute approximate surface area is 171 Å². The largest absolute Gasteiger partial charge is 0.486 e. The van der Waals surface area contributed by atoms with Crippen LogP contribution in [0.2, 0.25) is 5.02 Å². The van der Waals surface area contributed by atoms with Crippen molar-refractivity contribution in [2.24, 2.45) is 0 Å². The van der Waals surface area contributed by atoms with Gasteiger partial charge in [0.2, 0.25) is 0 Å². The van der Waals surface area contributed by atoms with Gasteiger partial charge in [-0.25, -0.2) is 0 Å². The third-order valence-electron chi connectivity index (χ3n) is 5.94. The van der Waals surface area contributed by atoms with Crippen LogP contribution in [0.3, 0.4) is 0 Å². The first-order chi connectivity index (χ1) is 13.8. The number of aryl methyl sites for hydroxylation is 1. The van der Waals surface area contributed by atoms with Gasteiger partial charge in [-0.15, -0.1) is 0 Å². The van der Waals surface area contributed by atoms with Crippen molar-refractivity contribution < 1.29 is 4.74 Å². The Kier molecular flexibility index (Phi) is 4.84. The van der Waals surface area contributed by atoms with Crippen LogP contribution in [0.4, 0.5) is 0 Å². The van der Waals surface area contributed by atoms with Crippen LogP contribution in [0.25, 0.3) is 0 Å². The molecule has 1 saturated heterocycles. The summed E-state index contributed by atoms with van der Waals surface area (Å²) in [6.07, 6.45) is 3.62. The summed E-state index contributed by atoms with van der Waals surface area (Å²) in [4.78, 5) is 2.49. The SMILES string of the molecule is Clc1ccc2c(c1OC1CN(C(c3ccccc3)c3ccccc3)C1)CCC2. The summed E-state index contributed by atoms with van der Waals surface area (Å²) in [7, 11) is 0. The first-order valence-electron chi connectivity index (χ1n) is 10.1. The predicted octanol–water partition coefficient (Wildman–Crippen LogP) is 5.68. The molecule has 0 bridgehead atoms. The standard InChI is InChI=1S/C25H24ClNO/c26-23-15-14-18-12-7-13-22(18)25(23)28-21-16-27(17-21)24(19-8-3-1-4-9-19)20-10-5-2-6-11-20/h1-6,8-11,14-15,21,24H,7,12-13,16-17H2. The van der Waals surface area contributed by atoms with Crippen LogP contribution in [0.15, 0.2) is 72.8 Å². The second kappa shape index (κ2) is 7.62. The number of ether oxygens (including phenoxy) is 1. The molecular weight excluding hydrogens is 366 g/mol. The molecule has 1 aliphatic heterocycles. The highest BCUT2D eigenvalue weighted by Crippen LogP contribution is 2.39. The van der Waals surface area contributed by atoms with Gasteiger partial charge in [0.15, 0.2) is 0 Å². The van der Waals surface area contributed by atoms with E-state index in [0.29, 0.717) is 0 Å². The van der Waals surface area contributed by atoms with E-state index < -0.39 is 0 Å². The number of hydrogen-bond acceptors (Lipinski definition) is 2. The fourth-order valence-corrected chi connectivity index (χ4v) is 4.76. The smallest absolute Gasteiger partial charge is 0.141 e. The Morgan fingerprint density at radius 3 is 2.11 bits per heavy atom. The van der Waals surface area contributed by atoms with Crippen molar-refractivity contribution >= 4 is 11.6 Å². The minimum Gasteiger partial charge on any atom is -0.486 e. The molecule has 0 saturated carbocycles. The van der Waals surface area contributed by atoms with E-state index in [2.05, 4.69) is 71.6 Å². The Bertz CT molecular complexity index is 912. The lowest BCUT2D eigenvalue weighted by Crippen LogP contribution is -2.55. The number of rotatable bonds is 5. The van der Waals surface area contributed by atoms with Gasteiger partial charge in [-0.05, 0) is 47.6 Å². The molecule has 0 N–H and O–H groups in total. The van der Waals surface area contributed by atoms with Crippen molar-refractivity contribution in [1.29, 1.82) is 0 Å². The van der Waals surface area contributed by atoms with Crippen molar-refractivity contribution in [3.05, 3.63) is 100 Å². The van der Waals surface area contributed by atoms with Crippen molar-refractivity contribution in [2.45, 2.75) is 31.4 Å². The maximum atomic E-state index is 6.49. The molecule has 3 aromatic rings. The maximum absolute atomic E-state index is 6.49. The highest BCUT2D eigenvalue weighted by atomic mass is 35.5. The van der Waals surface area contributed by atoms with Gasteiger partial charge in [0.1, 0.15) is 11.9 Å². The number of benzene rings is 3. The van der Waals surface area contributed by atoms with Crippen LogP contribution in [-0.4, -0.2) is 24.1 Å². The third kappa shape index (κ3) is 3.32. The summed E-state index contributed by atoms with van der Waals surface area (Å²) in [6.45, 7) is 1.82. The fraction of sp³-hybridized carbons (Fsp3) is 0.280. The lowest BCUT2D eigenvalue weighted by atomic mass is 9.94. The van der Waals surface area contributed by atoms with Gasteiger partial charge in [0.25, 0.3) is 0 Å². The van der Waals surface area contributed by atoms with Crippen LogP contribution >= 0.6 is 11.6 Å². The molecule has 0 radical (unpaired) electrons. The van der Waals surface area contributed by atoms with E-state index in [9.17, 15) is 0 Å². The zero-order valence-corrected chi connectivity index (χ0v) is 16.6. The Hall–Kier alpha value is -2.29. The Balaban J connectivity index is 1.35. The second-order valence-corrected chi connectivity index (χ2v) is 8.19. The van der Waals surface area contributed by atoms with Crippen molar-refractivity contribution in [2.75, 3.05) is 13.1 Å². The van der Waals surface area contributed by atoms with E-state index in [4.69, 9.17) is 16.3 Å². The summed E-state index contributed by atoms with van der Waals surface area (Å²) in [5.41, 5.74) is 5.38. The molecule has 1 fully saturated rings. The van der Waals surface area contributed by atoms with Gasteiger partial charge in [-0.2, -0.15) is 0 Å². The van der Waals surface area contributed by atoms with Crippen LogP contribution in [0.1, 0.15) is 34.7 Å². The molecule has 3 heteroatoms. The van der Waals surface area contributed by atoms with Crippen molar-refractivity contribution in [3.63, 3.8) is 0 Å². The Morgan fingerprint density at radius 1 is 0.821 bits per heavy atom. The summed E-state index contributed by atoms with van der Waals surface area (Å²) >= 11 is 6.49. The maximum Gasteiger partial charge on any atom is 0.141 e. The van der Waals surface area contributed by atoms with E-state index >= 15 is 0 Å². The molecule has 2 nitrogen and oxygen atoms in total. The molecule has 2 aliphatic rings. The van der Waals surface area contributed by atoms with Gasteiger partial charge >= 0.3 is 0 Å². The van der Waals surface area contributed by atoms with E-state index in [1.807, 2.05) is 6.07 Å². The topological polar surface area (TPSA) is 12.5 Å². The van der Waals surface area contributed by atoms with E-state index in [1.54, 1.807) is 0 Å². The normalized spacial score (nSPS) is 16.8. The van der Waals surface area contributed by atoms with Crippen LogP contribution in [0, 0.1) is 0 Å². The minimum absolute atomic E-state index is 0.194. The van der Waals surface area contributed by atoms with E-state index in [-0.39, 0.29) is 12.1 Å². The van der Waals surface area contributed by atoms with E-state index in [1.165, 1.54) is 28.7 Å². The summed E-state index contributed by atoms with van der Waals surface area (Å²) < 4.78 is 6.40. The Morgan fingerprint density at radius 2 is 1.46 bits per heavy atom. The first-order valence-corrected chi connectivity index (χ1v) is 10.5. The van der Waals surface area contributed by atoms with Gasteiger partial charge < -0.3 is 4.74 Å². The highest BCUT2D eigenvalue weighted by Gasteiger charge is 2.36. The molecule has 0 aromatic heterocycles. The third-order valence-corrected chi connectivity index (χ3v) is 6.24. The first kappa shape index (κ1) is 17.8. The van der Waals surface area contributed by atoms with Gasteiger partial charge in [0, 0.05) is 13.1 Å². The van der Waals surface area contributed by atoms with Gasteiger partial charge in [-0.3, -0.25) is 4.90 Å². The summed E-state index contributed by atoms with van der Waals surface area (Å²) in [6, 6.07) is 25.9. The van der Waals surface area contributed by atoms with Crippen LogP contribution < -0.4 is 4.74 Å². The number of nitrogens with zero attached hydrogens (tertiary/aromatic N) is 1. The van der Waals surface area contributed by atoms with E-state index in [0.717, 1.165) is 36.7 Å². The molecule has 0 unspecified atom stereocenters. The van der Waals surface area contributed by atoms with Crippen LogP contribution in [-0.2, 0) is 12.8 Å². The predicted molar refractivity (Wildman–Crippen MR) is 114 cm³/mol. The van der Waals surface area contributed by atoms with Crippen molar-refractivity contribution in [3.8, 4) is 5.75 Å². The molecule has 5 rings (SSSR count). The average Bonchev–Trinajstić information content (AvgIpc) is 3.18. The number of fused-ring (bicyclic) bond motifs is 1. The van der Waals surface area contributed by atoms with Gasteiger partial charge in [-0.1, -0.05) is 78.3 Å². The molecule has 3 aromatic carbocycles. The quantitative estimate of drug-likeness (QED) is 0.556. The molecule has 0 spiro atoms. The number of halogens is 1. The lowest BCUT2D eigenvalue weighted by molar-refractivity contribution is -0.000109. The molecule has 28 heavy (non-hydrogen) atoms. The molecule has 1 heterocycles. The van der Waals surface area contributed by atoms with Gasteiger partial charge in [0.05, 0.1) is 11.1 Å². The second-order valence-electron chi connectivity index (χ2n) is 7.79. The van der Waals surface area contributed by atoms with Crippen LogP contribution in [0.5, 0.6) is 5.75 Å². The monoisotopic (exact) mass is 389 g/mol. The minimum atomic E-state index is 0.194. The summed E-state index contributed by atoms with van der Waals surface area (Å²) in [5.74, 6) is 0.928. The zero-order valence-electron chi connectivity index (χ0n) is 15.9. The lowest BCUT2D eigenvalue weighted by Gasteiger charge is -2.44. The fourth-order valence-electron chi connectivity index (χ4n) is 4.54. The number of hydrogen-bond donors (Lipinski definition) is 0. The molecule has 1 aliphatic carbocycles. The number of likely N-dealkylation sites (tertiary alicyclic amines) is 1. The average molecular weight is 390 g/mol.